The number of carbonyl (C=O) groups is 1. The maximum absolute atomic E-state index is 13.0. The first-order valence-corrected chi connectivity index (χ1v) is 11.4. The van der Waals surface area contributed by atoms with Gasteiger partial charge in [-0.05, 0) is 25.8 Å². The van der Waals surface area contributed by atoms with Gasteiger partial charge < -0.3 is 9.73 Å². The number of furan rings is 1. The minimum atomic E-state index is -0.0796. The summed E-state index contributed by atoms with van der Waals surface area (Å²) in [6, 6.07) is 8.16. The zero-order valence-corrected chi connectivity index (χ0v) is 17.1. The minimum absolute atomic E-state index is 0.0796. The number of benzene rings is 1. The van der Waals surface area contributed by atoms with Crippen molar-refractivity contribution in [2.45, 2.75) is 61.6 Å². The van der Waals surface area contributed by atoms with E-state index in [-0.39, 0.29) is 11.9 Å². The average molecular weight is 401 g/mol. The van der Waals surface area contributed by atoms with E-state index in [1.165, 1.54) is 25.7 Å². The highest BCUT2D eigenvalue weighted by atomic mass is 32.2. The van der Waals surface area contributed by atoms with E-state index in [0.717, 1.165) is 39.4 Å². The van der Waals surface area contributed by atoms with Crippen molar-refractivity contribution in [3.8, 4) is 0 Å². The second-order valence-corrected chi connectivity index (χ2v) is 9.19. The number of hydrogen-bond donors (Lipinski definition) is 1. The van der Waals surface area contributed by atoms with Gasteiger partial charge in [0.2, 0.25) is 0 Å². The van der Waals surface area contributed by atoms with Crippen LogP contribution < -0.4 is 5.32 Å². The normalized spacial score (nSPS) is 15.7. The van der Waals surface area contributed by atoms with Crippen LogP contribution in [-0.4, -0.2) is 16.9 Å². The number of aromatic nitrogens is 1. The fourth-order valence-corrected chi connectivity index (χ4v) is 5.51. The molecule has 4 rings (SSSR count). The highest BCUT2D eigenvalue weighted by molar-refractivity contribution is 8.00. The van der Waals surface area contributed by atoms with Crippen molar-refractivity contribution in [2.75, 3.05) is 0 Å². The molecule has 1 aromatic carbocycles. The number of rotatable bonds is 5. The molecule has 142 valence electrons. The summed E-state index contributed by atoms with van der Waals surface area (Å²) in [5.74, 6) is 1.06. The lowest BCUT2D eigenvalue weighted by molar-refractivity contribution is 0.0906. The van der Waals surface area contributed by atoms with Gasteiger partial charge in [-0.1, -0.05) is 55.6 Å². The molecule has 0 saturated heterocycles. The van der Waals surface area contributed by atoms with Crippen molar-refractivity contribution in [2.24, 2.45) is 0 Å². The maximum atomic E-state index is 13.0. The van der Waals surface area contributed by atoms with Gasteiger partial charge in [0.15, 0.2) is 5.76 Å². The Balaban J connectivity index is 1.57. The third kappa shape index (κ3) is 4.38. The number of nitrogens with zero attached hydrogens (tertiary/aromatic N) is 1. The van der Waals surface area contributed by atoms with E-state index in [4.69, 9.17) is 4.42 Å². The number of para-hydroxylation sites is 1. The number of nitrogens with one attached hydrogen (secondary N) is 1. The van der Waals surface area contributed by atoms with Crippen molar-refractivity contribution in [3.63, 3.8) is 0 Å². The summed E-state index contributed by atoms with van der Waals surface area (Å²) in [4.78, 5) is 17.5. The fourth-order valence-electron chi connectivity index (χ4n) is 3.63. The standard InChI is InChI=1S/C21H24N2O2S2/c1-14-12-26-21(22-14)27-13-17-16-10-6-7-11-18(16)25-19(17)20(24)23-15-8-4-2-3-5-9-15/h6-7,10-12,15H,2-5,8-9,13H2,1H3,(H,23,24). The Morgan fingerprint density at radius 2 is 2.04 bits per heavy atom. The largest absolute Gasteiger partial charge is 0.451 e. The first-order chi connectivity index (χ1) is 13.2. The molecule has 1 saturated carbocycles. The van der Waals surface area contributed by atoms with E-state index >= 15 is 0 Å². The summed E-state index contributed by atoms with van der Waals surface area (Å²) >= 11 is 3.30. The molecule has 0 radical (unpaired) electrons. The molecule has 6 heteroatoms. The van der Waals surface area contributed by atoms with Gasteiger partial charge in [0.1, 0.15) is 9.92 Å². The summed E-state index contributed by atoms with van der Waals surface area (Å²) in [6.45, 7) is 2.00. The highest BCUT2D eigenvalue weighted by Crippen LogP contribution is 2.33. The molecule has 0 aliphatic heterocycles. The molecule has 4 nitrogen and oxygen atoms in total. The van der Waals surface area contributed by atoms with Gasteiger partial charge in [-0.25, -0.2) is 4.98 Å². The third-order valence-corrected chi connectivity index (χ3v) is 7.20. The van der Waals surface area contributed by atoms with Gasteiger partial charge in [-0.2, -0.15) is 0 Å². The molecule has 1 amide bonds. The summed E-state index contributed by atoms with van der Waals surface area (Å²) in [6.07, 6.45) is 7.05. The van der Waals surface area contributed by atoms with Gasteiger partial charge >= 0.3 is 0 Å². The highest BCUT2D eigenvalue weighted by Gasteiger charge is 2.23. The van der Waals surface area contributed by atoms with Crippen LogP contribution in [0.3, 0.4) is 0 Å². The Morgan fingerprint density at radius 1 is 1.26 bits per heavy atom. The molecular formula is C21H24N2O2S2. The minimum Gasteiger partial charge on any atom is -0.451 e. The van der Waals surface area contributed by atoms with E-state index in [1.54, 1.807) is 23.1 Å². The summed E-state index contributed by atoms with van der Waals surface area (Å²) in [5, 5.41) is 6.29. The zero-order valence-electron chi connectivity index (χ0n) is 15.5. The van der Waals surface area contributed by atoms with Crippen LogP contribution in [0.5, 0.6) is 0 Å². The van der Waals surface area contributed by atoms with Crippen LogP contribution in [0, 0.1) is 6.92 Å². The summed E-state index contributed by atoms with van der Waals surface area (Å²) in [7, 11) is 0. The van der Waals surface area contributed by atoms with Crippen molar-refractivity contribution in [3.05, 3.63) is 46.7 Å². The number of hydrogen-bond acceptors (Lipinski definition) is 5. The number of fused-ring (bicyclic) bond motifs is 1. The van der Waals surface area contributed by atoms with Crippen LogP contribution in [0.15, 0.2) is 38.4 Å². The van der Waals surface area contributed by atoms with E-state index in [1.807, 2.05) is 31.2 Å². The molecule has 2 aromatic heterocycles. The molecule has 27 heavy (non-hydrogen) atoms. The molecule has 0 bridgehead atoms. The Kier molecular flexibility index (Phi) is 5.83. The lowest BCUT2D eigenvalue weighted by Gasteiger charge is -2.15. The summed E-state index contributed by atoms with van der Waals surface area (Å²) < 4.78 is 7.01. The van der Waals surface area contributed by atoms with Crippen LogP contribution in [-0.2, 0) is 5.75 Å². The fraction of sp³-hybridized carbons (Fsp3) is 0.429. The predicted molar refractivity (Wildman–Crippen MR) is 112 cm³/mol. The zero-order chi connectivity index (χ0) is 18.6. The van der Waals surface area contributed by atoms with Crippen LogP contribution in [0.2, 0.25) is 0 Å². The first kappa shape index (κ1) is 18.6. The van der Waals surface area contributed by atoms with Crippen LogP contribution in [0.1, 0.15) is 60.3 Å². The Labute approximate surface area is 167 Å². The monoisotopic (exact) mass is 400 g/mol. The van der Waals surface area contributed by atoms with Gasteiger partial charge in [0.05, 0.1) is 0 Å². The number of thiazole rings is 1. The van der Waals surface area contributed by atoms with Crippen molar-refractivity contribution >= 4 is 40.0 Å². The SMILES string of the molecule is Cc1csc(SCc2c(C(=O)NC3CCCCCC3)oc3ccccc23)n1. The van der Waals surface area contributed by atoms with Crippen molar-refractivity contribution < 1.29 is 9.21 Å². The molecular weight excluding hydrogens is 376 g/mol. The lowest BCUT2D eigenvalue weighted by atomic mass is 10.1. The Bertz CT molecular complexity index is 923. The molecule has 1 fully saturated rings. The maximum Gasteiger partial charge on any atom is 0.287 e. The summed E-state index contributed by atoms with van der Waals surface area (Å²) in [5.41, 5.74) is 2.77. The Morgan fingerprint density at radius 3 is 2.78 bits per heavy atom. The van der Waals surface area contributed by atoms with Crippen molar-refractivity contribution in [1.29, 1.82) is 0 Å². The number of thioether (sulfide) groups is 1. The average Bonchev–Trinajstić information content (AvgIpc) is 3.15. The first-order valence-electron chi connectivity index (χ1n) is 9.57. The van der Waals surface area contributed by atoms with E-state index < -0.39 is 0 Å². The molecule has 2 heterocycles. The lowest BCUT2D eigenvalue weighted by Crippen LogP contribution is -2.34. The van der Waals surface area contributed by atoms with E-state index in [9.17, 15) is 4.79 Å². The topological polar surface area (TPSA) is 55.1 Å². The molecule has 3 aromatic rings. The van der Waals surface area contributed by atoms with Gasteiger partial charge in [-0.15, -0.1) is 11.3 Å². The number of carbonyl (C=O) groups excluding carboxylic acids is 1. The molecule has 1 N–H and O–H groups in total. The van der Waals surface area contributed by atoms with Crippen LogP contribution in [0.25, 0.3) is 11.0 Å². The van der Waals surface area contributed by atoms with Crippen molar-refractivity contribution in [1.82, 2.24) is 10.3 Å². The van der Waals surface area contributed by atoms with Crippen LogP contribution in [0.4, 0.5) is 0 Å². The number of amides is 1. The van der Waals surface area contributed by atoms with E-state index in [2.05, 4.69) is 15.7 Å². The quantitative estimate of drug-likeness (QED) is 0.425. The second kappa shape index (κ2) is 8.48. The van der Waals surface area contributed by atoms with Gasteiger partial charge in [0.25, 0.3) is 5.91 Å². The van der Waals surface area contributed by atoms with Gasteiger partial charge in [0, 0.05) is 33.8 Å². The molecule has 1 aliphatic carbocycles. The Hall–Kier alpha value is -1.79. The van der Waals surface area contributed by atoms with E-state index in [0.29, 0.717) is 11.5 Å². The molecule has 1 aliphatic rings. The van der Waals surface area contributed by atoms with Gasteiger partial charge in [-0.3, -0.25) is 4.79 Å². The second-order valence-electron chi connectivity index (χ2n) is 7.11. The predicted octanol–water partition coefficient (Wildman–Crippen LogP) is 5.94. The molecule has 0 spiro atoms. The number of aryl methyl sites for hydroxylation is 1. The smallest absolute Gasteiger partial charge is 0.287 e. The molecule has 0 atom stereocenters. The third-order valence-electron chi connectivity index (χ3n) is 5.03. The molecule has 0 unspecified atom stereocenters. The van der Waals surface area contributed by atoms with Crippen LogP contribution >= 0.6 is 23.1 Å².